The van der Waals surface area contributed by atoms with Gasteiger partial charge in [0.15, 0.2) is 5.71 Å². The second-order valence-electron chi connectivity index (χ2n) is 6.21. The Morgan fingerprint density at radius 3 is 2.11 bits per heavy atom. The molecule has 4 nitrogen and oxygen atoms in total. The van der Waals surface area contributed by atoms with Crippen LogP contribution in [0.1, 0.15) is 42.9 Å². The van der Waals surface area contributed by atoms with E-state index in [1.54, 1.807) is 19.1 Å². The van der Waals surface area contributed by atoms with Crippen molar-refractivity contribution in [1.82, 2.24) is 0 Å². The highest BCUT2D eigenvalue weighted by Crippen LogP contribution is 2.25. The SMILES string of the molecule is CCC(C)c1ccc(S(=O)(=O)ON=C(c2ccc(C)cc2)C(F)(F)F)cc1. The number of halogens is 3. The van der Waals surface area contributed by atoms with Gasteiger partial charge in [0.25, 0.3) is 0 Å². The Kier molecular flexibility index (Phi) is 6.30. The van der Waals surface area contributed by atoms with E-state index >= 15 is 0 Å². The lowest BCUT2D eigenvalue weighted by molar-refractivity contribution is -0.0597. The quantitative estimate of drug-likeness (QED) is 0.497. The number of hydrogen-bond donors (Lipinski definition) is 0. The van der Waals surface area contributed by atoms with Crippen molar-refractivity contribution in [2.75, 3.05) is 0 Å². The van der Waals surface area contributed by atoms with E-state index in [-0.39, 0.29) is 16.4 Å². The van der Waals surface area contributed by atoms with E-state index in [2.05, 4.69) is 9.44 Å². The molecule has 0 bridgehead atoms. The molecule has 2 rings (SSSR count). The molecule has 0 fully saturated rings. The monoisotopic (exact) mass is 399 g/mol. The van der Waals surface area contributed by atoms with E-state index in [0.29, 0.717) is 0 Å². The largest absolute Gasteiger partial charge is 0.437 e. The predicted octanol–water partition coefficient (Wildman–Crippen LogP) is 5.18. The average Bonchev–Trinajstić information content (AvgIpc) is 2.61. The predicted molar refractivity (Wildman–Crippen MR) is 97.2 cm³/mol. The third-order valence-corrected chi connectivity index (χ3v) is 5.29. The van der Waals surface area contributed by atoms with Gasteiger partial charge in [-0.2, -0.15) is 21.6 Å². The fourth-order valence-electron chi connectivity index (χ4n) is 2.31. The molecule has 0 aliphatic carbocycles. The molecule has 1 unspecified atom stereocenters. The minimum Gasteiger partial charge on any atom is -0.264 e. The summed E-state index contributed by atoms with van der Waals surface area (Å²) in [5.74, 6) is 0.235. The van der Waals surface area contributed by atoms with Crippen molar-refractivity contribution in [2.24, 2.45) is 5.16 Å². The molecule has 8 heteroatoms. The molecular formula is C19H20F3NO3S. The lowest BCUT2D eigenvalue weighted by Crippen LogP contribution is -2.25. The zero-order chi connectivity index (χ0) is 20.2. The summed E-state index contributed by atoms with van der Waals surface area (Å²) in [7, 11) is -4.47. The van der Waals surface area contributed by atoms with Gasteiger partial charge in [-0.3, -0.25) is 4.28 Å². The smallest absolute Gasteiger partial charge is 0.264 e. The number of rotatable bonds is 6. The Hall–Kier alpha value is -2.35. The third-order valence-electron chi connectivity index (χ3n) is 4.17. The molecule has 146 valence electrons. The second kappa shape index (κ2) is 8.12. The zero-order valence-corrected chi connectivity index (χ0v) is 15.9. The van der Waals surface area contributed by atoms with Gasteiger partial charge in [0.1, 0.15) is 4.90 Å². The minimum absolute atomic E-state index is 0.235. The van der Waals surface area contributed by atoms with Crippen LogP contribution in [0.4, 0.5) is 13.2 Å². The van der Waals surface area contributed by atoms with E-state index in [1.165, 1.54) is 36.4 Å². The maximum absolute atomic E-state index is 13.3. The summed E-state index contributed by atoms with van der Waals surface area (Å²) in [6.45, 7) is 5.70. The van der Waals surface area contributed by atoms with Crippen LogP contribution in [0.25, 0.3) is 0 Å². The van der Waals surface area contributed by atoms with Gasteiger partial charge in [0, 0.05) is 5.56 Å². The first kappa shape index (κ1) is 21.0. The highest BCUT2D eigenvalue weighted by molar-refractivity contribution is 7.86. The van der Waals surface area contributed by atoms with Gasteiger partial charge < -0.3 is 0 Å². The summed E-state index contributed by atoms with van der Waals surface area (Å²) < 4.78 is 68.5. The Labute approximate surface area is 156 Å². The fraction of sp³-hybridized carbons (Fsp3) is 0.316. The van der Waals surface area contributed by atoms with Gasteiger partial charge in [-0.25, -0.2) is 0 Å². The van der Waals surface area contributed by atoms with Crippen molar-refractivity contribution in [3.8, 4) is 0 Å². The van der Waals surface area contributed by atoms with E-state index in [0.717, 1.165) is 17.5 Å². The third kappa shape index (κ3) is 5.32. The van der Waals surface area contributed by atoms with Crippen LogP contribution < -0.4 is 0 Å². The van der Waals surface area contributed by atoms with Crippen molar-refractivity contribution in [3.63, 3.8) is 0 Å². The summed E-state index contributed by atoms with van der Waals surface area (Å²) in [6, 6.07) is 11.2. The van der Waals surface area contributed by atoms with E-state index in [1.807, 2.05) is 13.8 Å². The number of nitrogens with zero attached hydrogens (tertiary/aromatic N) is 1. The second-order valence-corrected chi connectivity index (χ2v) is 7.74. The maximum Gasteiger partial charge on any atom is 0.437 e. The van der Waals surface area contributed by atoms with Crippen molar-refractivity contribution < 1.29 is 25.9 Å². The van der Waals surface area contributed by atoms with Crippen LogP contribution in [0.2, 0.25) is 0 Å². The summed E-state index contributed by atoms with van der Waals surface area (Å²) in [6.07, 6.45) is -4.00. The number of benzene rings is 2. The van der Waals surface area contributed by atoms with Crippen LogP contribution in [0.3, 0.4) is 0 Å². The van der Waals surface area contributed by atoms with Crippen molar-refractivity contribution >= 4 is 15.8 Å². The molecule has 0 amide bonds. The Morgan fingerprint density at radius 1 is 1.07 bits per heavy atom. The molecule has 2 aromatic rings. The van der Waals surface area contributed by atoms with Crippen LogP contribution in [0, 0.1) is 6.92 Å². The first-order valence-electron chi connectivity index (χ1n) is 8.30. The van der Waals surface area contributed by atoms with Crippen LogP contribution >= 0.6 is 0 Å². The number of oxime groups is 1. The molecule has 1 atom stereocenters. The molecule has 0 radical (unpaired) electrons. The van der Waals surface area contributed by atoms with E-state index in [9.17, 15) is 21.6 Å². The first-order valence-corrected chi connectivity index (χ1v) is 9.71. The number of alkyl halides is 3. The highest BCUT2D eigenvalue weighted by Gasteiger charge is 2.38. The van der Waals surface area contributed by atoms with Gasteiger partial charge >= 0.3 is 16.3 Å². The van der Waals surface area contributed by atoms with Crippen LogP contribution in [-0.2, 0) is 14.4 Å². The maximum atomic E-state index is 13.3. The molecule has 0 aromatic heterocycles. The van der Waals surface area contributed by atoms with Crippen molar-refractivity contribution in [1.29, 1.82) is 0 Å². The molecule has 0 spiro atoms. The Balaban J connectivity index is 2.32. The summed E-state index contributed by atoms with van der Waals surface area (Å²) >= 11 is 0. The normalized spacial score (nSPS) is 14.1. The number of hydrogen-bond acceptors (Lipinski definition) is 4. The van der Waals surface area contributed by atoms with Gasteiger partial charge in [-0.05, 0) is 37.0 Å². The Bertz CT molecular complexity index is 903. The van der Waals surface area contributed by atoms with Crippen molar-refractivity contribution in [2.45, 2.75) is 44.2 Å². The molecule has 0 N–H and O–H groups in total. The minimum atomic E-state index is -4.87. The van der Waals surface area contributed by atoms with Gasteiger partial charge in [0.2, 0.25) is 0 Å². The zero-order valence-electron chi connectivity index (χ0n) is 15.1. The van der Waals surface area contributed by atoms with Crippen LogP contribution in [-0.4, -0.2) is 20.3 Å². The van der Waals surface area contributed by atoms with Crippen LogP contribution in [0.5, 0.6) is 0 Å². The molecular weight excluding hydrogens is 379 g/mol. The van der Waals surface area contributed by atoms with Gasteiger partial charge in [0.05, 0.1) is 0 Å². The summed E-state index contributed by atoms with van der Waals surface area (Å²) in [4.78, 5) is -0.260. The molecule has 0 heterocycles. The fourth-order valence-corrected chi connectivity index (χ4v) is 3.04. The van der Waals surface area contributed by atoms with E-state index in [4.69, 9.17) is 0 Å². The standard InChI is InChI=1S/C19H20F3NO3S/c1-4-14(3)15-9-11-17(12-10-15)27(24,25)26-23-18(19(20,21)22)16-7-5-13(2)6-8-16/h5-12,14H,4H2,1-3H3. The Morgan fingerprint density at radius 2 is 1.63 bits per heavy atom. The molecule has 0 saturated heterocycles. The summed E-state index contributed by atoms with van der Waals surface area (Å²) in [5.41, 5.74) is -0.0106. The average molecular weight is 399 g/mol. The topological polar surface area (TPSA) is 55.7 Å². The molecule has 27 heavy (non-hydrogen) atoms. The molecule has 0 aliphatic rings. The molecule has 0 aliphatic heterocycles. The molecule has 2 aromatic carbocycles. The summed E-state index contributed by atoms with van der Waals surface area (Å²) in [5, 5.41) is 2.92. The molecule has 0 saturated carbocycles. The van der Waals surface area contributed by atoms with Crippen molar-refractivity contribution in [3.05, 3.63) is 65.2 Å². The van der Waals surface area contributed by atoms with Crippen LogP contribution in [0.15, 0.2) is 58.6 Å². The highest BCUT2D eigenvalue weighted by atomic mass is 32.2. The van der Waals surface area contributed by atoms with E-state index < -0.39 is 22.0 Å². The van der Waals surface area contributed by atoms with Gasteiger partial charge in [-0.15, -0.1) is 0 Å². The van der Waals surface area contributed by atoms with Gasteiger partial charge in [-0.1, -0.05) is 61.0 Å². The lowest BCUT2D eigenvalue weighted by atomic mass is 9.99. The number of aryl methyl sites for hydroxylation is 1. The first-order chi connectivity index (χ1) is 12.5. The lowest BCUT2D eigenvalue weighted by Gasteiger charge is -2.11.